The molecular weight excluding hydrogens is 236 g/mol. The quantitative estimate of drug-likeness (QED) is 0.718. The van der Waals surface area contributed by atoms with Crippen molar-refractivity contribution in [1.82, 2.24) is 10.2 Å². The lowest BCUT2D eigenvalue weighted by molar-refractivity contribution is 0.244. The fourth-order valence-electron chi connectivity index (χ4n) is 2.23. The molecule has 2 rings (SSSR count). The van der Waals surface area contributed by atoms with Gasteiger partial charge in [0.1, 0.15) is 0 Å². The van der Waals surface area contributed by atoms with Crippen molar-refractivity contribution in [3.8, 4) is 0 Å². The van der Waals surface area contributed by atoms with Crippen LogP contribution in [0, 0.1) is 5.41 Å². The number of benzene rings is 1. The molecule has 1 aromatic rings. The molecule has 0 radical (unpaired) electrons. The zero-order valence-electron chi connectivity index (χ0n) is 11.4. The van der Waals surface area contributed by atoms with E-state index < -0.39 is 0 Å². The van der Waals surface area contributed by atoms with E-state index >= 15 is 0 Å². The molecule has 4 N–H and O–H groups in total. The summed E-state index contributed by atoms with van der Waals surface area (Å²) in [6.07, 6.45) is 4.03. The Morgan fingerprint density at radius 3 is 2.58 bits per heavy atom. The van der Waals surface area contributed by atoms with Gasteiger partial charge in [-0.25, -0.2) is 0 Å². The van der Waals surface area contributed by atoms with E-state index in [0.29, 0.717) is 17.5 Å². The van der Waals surface area contributed by atoms with Crippen molar-refractivity contribution in [3.63, 3.8) is 0 Å². The molecule has 0 atom stereocenters. The van der Waals surface area contributed by atoms with E-state index in [2.05, 4.69) is 17.3 Å². The molecule has 0 amide bonds. The van der Waals surface area contributed by atoms with Gasteiger partial charge in [-0.3, -0.25) is 5.41 Å². The third-order valence-corrected chi connectivity index (χ3v) is 3.54. The Balaban J connectivity index is 1.90. The smallest absolute Gasteiger partial charge is 0.0856 e. The molecule has 0 bridgehead atoms. The van der Waals surface area contributed by atoms with Crippen LogP contribution in [0.4, 0.5) is 0 Å². The summed E-state index contributed by atoms with van der Waals surface area (Å²) in [5.41, 5.74) is 7.67. The highest BCUT2D eigenvalue weighted by molar-refractivity contribution is 6.09. The van der Waals surface area contributed by atoms with Crippen LogP contribution in [0.15, 0.2) is 42.2 Å². The molecule has 1 aliphatic heterocycles. The average Bonchev–Trinajstić information content (AvgIpc) is 2.46. The van der Waals surface area contributed by atoms with E-state index in [1.807, 2.05) is 30.3 Å². The van der Waals surface area contributed by atoms with Crippen LogP contribution < -0.4 is 11.1 Å². The molecule has 1 aromatic carbocycles. The normalized spacial score (nSPS) is 18.3. The number of hydrogen-bond donors (Lipinski definition) is 3. The van der Waals surface area contributed by atoms with Crippen LogP contribution in [0.3, 0.4) is 0 Å². The highest BCUT2D eigenvalue weighted by Gasteiger charge is 2.15. The van der Waals surface area contributed by atoms with E-state index in [1.165, 1.54) is 0 Å². The van der Waals surface area contributed by atoms with Crippen molar-refractivity contribution in [2.75, 3.05) is 20.1 Å². The highest BCUT2D eigenvalue weighted by Crippen LogP contribution is 2.09. The SMILES string of the molecule is CN1CCC(N/C=C(/N)C(=N)c2ccccc2)CC1. The lowest BCUT2D eigenvalue weighted by Crippen LogP contribution is -2.39. The van der Waals surface area contributed by atoms with E-state index in [9.17, 15) is 0 Å². The molecule has 0 spiro atoms. The summed E-state index contributed by atoms with van der Waals surface area (Å²) in [6.45, 7) is 2.23. The third-order valence-electron chi connectivity index (χ3n) is 3.54. The number of hydrogen-bond acceptors (Lipinski definition) is 4. The van der Waals surface area contributed by atoms with Crippen molar-refractivity contribution in [3.05, 3.63) is 47.8 Å². The number of nitrogens with one attached hydrogen (secondary N) is 2. The number of nitrogens with two attached hydrogens (primary N) is 1. The maximum Gasteiger partial charge on any atom is 0.0856 e. The molecule has 1 saturated heterocycles. The molecule has 0 aliphatic carbocycles. The molecule has 102 valence electrons. The molecular formula is C15H22N4. The fraction of sp³-hybridized carbons (Fsp3) is 0.400. The van der Waals surface area contributed by atoms with Crippen LogP contribution in [0.2, 0.25) is 0 Å². The van der Waals surface area contributed by atoms with Crippen molar-refractivity contribution < 1.29 is 0 Å². The Morgan fingerprint density at radius 2 is 1.95 bits per heavy atom. The summed E-state index contributed by atoms with van der Waals surface area (Å²) in [6, 6.07) is 10.0. The van der Waals surface area contributed by atoms with Gasteiger partial charge in [-0.15, -0.1) is 0 Å². The van der Waals surface area contributed by atoms with Crippen LogP contribution in [0.1, 0.15) is 18.4 Å². The second-order valence-corrected chi connectivity index (χ2v) is 5.08. The minimum absolute atomic E-state index is 0.376. The van der Waals surface area contributed by atoms with Gasteiger partial charge in [-0.2, -0.15) is 0 Å². The maximum absolute atomic E-state index is 8.04. The van der Waals surface area contributed by atoms with Gasteiger partial charge in [-0.1, -0.05) is 30.3 Å². The van der Waals surface area contributed by atoms with Crippen LogP contribution >= 0.6 is 0 Å². The lowest BCUT2D eigenvalue weighted by atomic mass is 10.1. The average molecular weight is 258 g/mol. The first-order valence-electron chi connectivity index (χ1n) is 6.71. The van der Waals surface area contributed by atoms with Gasteiger partial charge in [0.15, 0.2) is 0 Å². The van der Waals surface area contributed by atoms with E-state index in [0.717, 1.165) is 31.5 Å². The predicted molar refractivity (Wildman–Crippen MR) is 79.2 cm³/mol. The van der Waals surface area contributed by atoms with Crippen molar-refractivity contribution in [1.29, 1.82) is 5.41 Å². The van der Waals surface area contributed by atoms with Gasteiger partial charge < -0.3 is 16.0 Å². The summed E-state index contributed by atoms with van der Waals surface area (Å²) in [7, 11) is 2.14. The van der Waals surface area contributed by atoms with E-state index in [1.54, 1.807) is 6.20 Å². The lowest BCUT2D eigenvalue weighted by Gasteiger charge is -2.29. The summed E-state index contributed by atoms with van der Waals surface area (Å²) < 4.78 is 0. The monoisotopic (exact) mass is 258 g/mol. The number of allylic oxidation sites excluding steroid dienone is 1. The summed E-state index contributed by atoms with van der Waals surface area (Å²) in [4.78, 5) is 2.33. The first kappa shape index (κ1) is 13.6. The van der Waals surface area contributed by atoms with Gasteiger partial charge in [0.05, 0.1) is 11.4 Å². The minimum atomic E-state index is 0.376. The molecule has 0 saturated carbocycles. The minimum Gasteiger partial charge on any atom is -0.396 e. The van der Waals surface area contributed by atoms with Gasteiger partial charge in [-0.05, 0) is 33.0 Å². The molecule has 1 aliphatic rings. The van der Waals surface area contributed by atoms with Crippen LogP contribution in [0.5, 0.6) is 0 Å². The largest absolute Gasteiger partial charge is 0.396 e. The number of likely N-dealkylation sites (tertiary alicyclic amines) is 1. The second-order valence-electron chi connectivity index (χ2n) is 5.08. The van der Waals surface area contributed by atoms with Crippen molar-refractivity contribution in [2.45, 2.75) is 18.9 Å². The molecule has 1 fully saturated rings. The first-order valence-corrected chi connectivity index (χ1v) is 6.71. The Kier molecular flexibility index (Phi) is 4.58. The number of nitrogens with zero attached hydrogens (tertiary/aromatic N) is 1. The zero-order valence-corrected chi connectivity index (χ0v) is 11.4. The van der Waals surface area contributed by atoms with E-state index in [4.69, 9.17) is 11.1 Å². The van der Waals surface area contributed by atoms with Gasteiger partial charge >= 0.3 is 0 Å². The van der Waals surface area contributed by atoms with Crippen molar-refractivity contribution in [2.24, 2.45) is 5.73 Å². The predicted octanol–water partition coefficient (Wildman–Crippen LogP) is 1.54. The van der Waals surface area contributed by atoms with Crippen LogP contribution in [-0.2, 0) is 0 Å². The summed E-state index contributed by atoms with van der Waals surface area (Å²) >= 11 is 0. The zero-order chi connectivity index (χ0) is 13.7. The molecule has 0 unspecified atom stereocenters. The Morgan fingerprint density at radius 1 is 1.32 bits per heavy atom. The van der Waals surface area contributed by atoms with Gasteiger partial charge in [0.2, 0.25) is 0 Å². The van der Waals surface area contributed by atoms with Crippen molar-refractivity contribution >= 4 is 5.71 Å². The maximum atomic E-state index is 8.04. The molecule has 19 heavy (non-hydrogen) atoms. The summed E-state index contributed by atoms with van der Waals surface area (Å²) in [5.74, 6) is 0. The third kappa shape index (κ3) is 3.83. The molecule has 0 aromatic heterocycles. The molecule has 1 heterocycles. The Bertz CT molecular complexity index is 444. The van der Waals surface area contributed by atoms with Crippen LogP contribution in [0.25, 0.3) is 0 Å². The van der Waals surface area contributed by atoms with Gasteiger partial charge in [0.25, 0.3) is 0 Å². The Labute approximate surface area is 114 Å². The second kappa shape index (κ2) is 6.38. The van der Waals surface area contributed by atoms with Gasteiger partial charge in [0, 0.05) is 17.8 Å². The number of piperidine rings is 1. The first-order chi connectivity index (χ1) is 9.16. The summed E-state index contributed by atoms with van der Waals surface area (Å²) in [5, 5.41) is 11.4. The molecule has 4 heteroatoms. The molecule has 4 nitrogen and oxygen atoms in total. The Hall–Kier alpha value is -1.81. The highest BCUT2D eigenvalue weighted by atomic mass is 15.1. The standard InChI is InChI=1S/C15H22N4/c1-19-9-7-13(8-10-19)18-11-14(16)15(17)12-5-3-2-4-6-12/h2-6,11,13,17-18H,7-10,16H2,1H3/b14-11+,17-15?. The fourth-order valence-corrected chi connectivity index (χ4v) is 2.23. The van der Waals surface area contributed by atoms with E-state index in [-0.39, 0.29) is 0 Å². The van der Waals surface area contributed by atoms with Crippen LogP contribution in [-0.4, -0.2) is 36.8 Å². The number of rotatable bonds is 4. The topological polar surface area (TPSA) is 65.1 Å².